The zero-order chi connectivity index (χ0) is 15.1. The molecule has 3 N–H and O–H groups in total. The summed E-state index contributed by atoms with van der Waals surface area (Å²) >= 11 is 0. The Labute approximate surface area is 151 Å². The van der Waals surface area contributed by atoms with Gasteiger partial charge in [-0.1, -0.05) is 32.0 Å². The lowest BCUT2D eigenvalue weighted by Gasteiger charge is -2.33. The molecule has 1 saturated heterocycles. The van der Waals surface area contributed by atoms with Crippen molar-refractivity contribution in [2.75, 3.05) is 31.5 Å². The van der Waals surface area contributed by atoms with Gasteiger partial charge in [-0.2, -0.15) is 0 Å². The van der Waals surface area contributed by atoms with Crippen LogP contribution in [0, 0.1) is 11.8 Å². The highest BCUT2D eigenvalue weighted by atomic mass is 127. The molecule has 22 heavy (non-hydrogen) atoms. The molecule has 5 heteroatoms. The maximum Gasteiger partial charge on any atom is 0.193 e. The van der Waals surface area contributed by atoms with Crippen molar-refractivity contribution < 1.29 is 0 Å². The van der Waals surface area contributed by atoms with Crippen molar-refractivity contribution in [3.8, 4) is 0 Å². The Kier molecular flexibility index (Phi) is 8.78. The second-order valence-electron chi connectivity index (χ2n) is 6.38. The molecule has 1 atom stereocenters. The normalized spacial score (nSPS) is 19.8. The predicted octanol–water partition coefficient (Wildman–Crippen LogP) is 3.40. The second-order valence-corrected chi connectivity index (χ2v) is 6.38. The summed E-state index contributed by atoms with van der Waals surface area (Å²) in [7, 11) is 0. The molecule has 0 amide bonds. The average molecular weight is 416 g/mol. The van der Waals surface area contributed by atoms with E-state index >= 15 is 0 Å². The molecule has 1 fully saturated rings. The topological polar surface area (TPSA) is 53.6 Å². The van der Waals surface area contributed by atoms with E-state index in [9.17, 15) is 0 Å². The molecule has 124 valence electrons. The smallest absolute Gasteiger partial charge is 0.193 e. The van der Waals surface area contributed by atoms with Crippen molar-refractivity contribution in [2.45, 2.75) is 26.7 Å². The van der Waals surface area contributed by atoms with Crippen LogP contribution in [0.5, 0.6) is 0 Å². The lowest BCUT2D eigenvalue weighted by atomic mass is 9.97. The maximum absolute atomic E-state index is 5.96. The van der Waals surface area contributed by atoms with Gasteiger partial charge in [0.15, 0.2) is 5.96 Å². The van der Waals surface area contributed by atoms with Crippen LogP contribution in [0.3, 0.4) is 0 Å². The standard InChI is InChI=1S/C17H28N4.HI/c1-14(2)12-21-10-6-7-15(13-21)11-19-17(18)20-16-8-4-3-5-9-16;/h3-5,8-9,14-15H,6-7,10-13H2,1-2H3,(H3,18,19,20);1H. The molecule has 1 aromatic carbocycles. The molecule has 0 bridgehead atoms. The second kappa shape index (κ2) is 10.0. The first kappa shape index (κ1) is 19.2. The monoisotopic (exact) mass is 416 g/mol. The largest absolute Gasteiger partial charge is 0.370 e. The van der Waals surface area contributed by atoms with Crippen LogP contribution in [-0.4, -0.2) is 37.0 Å². The number of para-hydroxylation sites is 1. The molecule has 0 spiro atoms. The number of halogens is 1. The van der Waals surface area contributed by atoms with Crippen LogP contribution < -0.4 is 11.1 Å². The highest BCUT2D eigenvalue weighted by Crippen LogP contribution is 2.17. The number of nitrogens with zero attached hydrogens (tertiary/aromatic N) is 2. The third-order valence-electron chi connectivity index (χ3n) is 3.79. The summed E-state index contributed by atoms with van der Waals surface area (Å²) in [6.45, 7) is 8.96. The predicted molar refractivity (Wildman–Crippen MR) is 106 cm³/mol. The molecule has 1 aliphatic rings. The van der Waals surface area contributed by atoms with Crippen molar-refractivity contribution in [1.29, 1.82) is 0 Å². The van der Waals surface area contributed by atoms with Crippen molar-refractivity contribution in [3.05, 3.63) is 30.3 Å². The van der Waals surface area contributed by atoms with Gasteiger partial charge in [0.2, 0.25) is 0 Å². The zero-order valence-corrected chi connectivity index (χ0v) is 16.0. The summed E-state index contributed by atoms with van der Waals surface area (Å²) in [5, 5.41) is 3.14. The molecule has 0 saturated carbocycles. The number of aliphatic imine (C=N–C) groups is 1. The molecule has 1 heterocycles. The van der Waals surface area contributed by atoms with Gasteiger partial charge < -0.3 is 16.0 Å². The Morgan fingerprint density at radius 3 is 2.77 bits per heavy atom. The quantitative estimate of drug-likeness (QED) is 0.440. The van der Waals surface area contributed by atoms with Crippen molar-refractivity contribution in [2.24, 2.45) is 22.6 Å². The fourth-order valence-corrected chi connectivity index (χ4v) is 2.92. The van der Waals surface area contributed by atoms with E-state index in [-0.39, 0.29) is 24.0 Å². The summed E-state index contributed by atoms with van der Waals surface area (Å²) in [5.74, 6) is 1.88. The highest BCUT2D eigenvalue weighted by molar-refractivity contribution is 14.0. The Bertz CT molecular complexity index is 447. The van der Waals surface area contributed by atoms with Crippen LogP contribution in [0.2, 0.25) is 0 Å². The molecule has 0 radical (unpaired) electrons. The lowest BCUT2D eigenvalue weighted by molar-refractivity contribution is 0.162. The van der Waals surface area contributed by atoms with Crippen LogP contribution in [0.4, 0.5) is 5.69 Å². The van der Waals surface area contributed by atoms with E-state index in [4.69, 9.17) is 5.73 Å². The summed E-state index contributed by atoms with van der Waals surface area (Å²) in [6, 6.07) is 9.95. The summed E-state index contributed by atoms with van der Waals surface area (Å²) < 4.78 is 0. The number of rotatable bonds is 5. The van der Waals surface area contributed by atoms with Crippen LogP contribution in [0.1, 0.15) is 26.7 Å². The average Bonchev–Trinajstić information content (AvgIpc) is 2.46. The van der Waals surface area contributed by atoms with Crippen LogP contribution in [0.25, 0.3) is 0 Å². The Hall–Kier alpha value is -0.820. The molecule has 0 aliphatic carbocycles. The number of piperidine rings is 1. The lowest BCUT2D eigenvalue weighted by Crippen LogP contribution is -2.39. The Morgan fingerprint density at radius 2 is 2.09 bits per heavy atom. The molecule has 1 aromatic rings. The van der Waals surface area contributed by atoms with Crippen LogP contribution in [0.15, 0.2) is 35.3 Å². The number of hydrogen-bond acceptors (Lipinski definition) is 2. The van der Waals surface area contributed by atoms with Crippen molar-refractivity contribution >= 4 is 35.6 Å². The minimum atomic E-state index is 0. The van der Waals surface area contributed by atoms with Gasteiger partial charge in [-0.25, -0.2) is 0 Å². The number of anilines is 1. The molecule has 2 rings (SSSR count). The van der Waals surface area contributed by atoms with Gasteiger partial charge in [-0.15, -0.1) is 24.0 Å². The fraction of sp³-hybridized carbons (Fsp3) is 0.588. The van der Waals surface area contributed by atoms with Gasteiger partial charge in [0.1, 0.15) is 0 Å². The van der Waals surface area contributed by atoms with Gasteiger partial charge in [-0.05, 0) is 43.4 Å². The van der Waals surface area contributed by atoms with Crippen molar-refractivity contribution in [1.82, 2.24) is 4.90 Å². The van der Waals surface area contributed by atoms with Gasteiger partial charge in [0.25, 0.3) is 0 Å². The highest BCUT2D eigenvalue weighted by Gasteiger charge is 2.19. The number of nitrogens with two attached hydrogens (primary N) is 1. The first-order valence-electron chi connectivity index (χ1n) is 7.98. The van der Waals surface area contributed by atoms with E-state index in [2.05, 4.69) is 29.1 Å². The minimum Gasteiger partial charge on any atom is -0.370 e. The number of benzene rings is 1. The minimum absolute atomic E-state index is 0. The zero-order valence-electron chi connectivity index (χ0n) is 13.7. The Balaban J connectivity index is 0.00000242. The maximum atomic E-state index is 5.96. The van der Waals surface area contributed by atoms with E-state index < -0.39 is 0 Å². The van der Waals surface area contributed by atoms with E-state index in [0.717, 1.165) is 24.7 Å². The van der Waals surface area contributed by atoms with Gasteiger partial charge in [0.05, 0.1) is 0 Å². The van der Waals surface area contributed by atoms with Gasteiger partial charge >= 0.3 is 0 Å². The van der Waals surface area contributed by atoms with Crippen LogP contribution >= 0.6 is 24.0 Å². The van der Waals surface area contributed by atoms with Crippen LogP contribution in [-0.2, 0) is 0 Å². The SMILES string of the molecule is CC(C)CN1CCCC(CN=C(N)Nc2ccccc2)C1.I. The van der Waals surface area contributed by atoms with E-state index in [1.165, 1.54) is 25.9 Å². The third kappa shape index (κ3) is 6.96. The van der Waals surface area contributed by atoms with Gasteiger partial charge in [0, 0.05) is 25.3 Å². The summed E-state index contributed by atoms with van der Waals surface area (Å²) in [4.78, 5) is 7.08. The summed E-state index contributed by atoms with van der Waals surface area (Å²) in [5.41, 5.74) is 6.95. The van der Waals surface area contributed by atoms with E-state index in [1.807, 2.05) is 30.3 Å². The molecule has 4 nitrogen and oxygen atoms in total. The molecule has 1 aliphatic heterocycles. The van der Waals surface area contributed by atoms with E-state index in [1.54, 1.807) is 0 Å². The van der Waals surface area contributed by atoms with Gasteiger partial charge in [-0.3, -0.25) is 4.99 Å². The number of hydrogen-bond donors (Lipinski definition) is 2. The van der Waals surface area contributed by atoms with Crippen molar-refractivity contribution in [3.63, 3.8) is 0 Å². The number of nitrogens with one attached hydrogen (secondary N) is 1. The Morgan fingerprint density at radius 1 is 1.36 bits per heavy atom. The molecule has 1 unspecified atom stereocenters. The first-order valence-corrected chi connectivity index (χ1v) is 7.98. The fourth-order valence-electron chi connectivity index (χ4n) is 2.92. The number of likely N-dealkylation sites (tertiary alicyclic amines) is 1. The summed E-state index contributed by atoms with van der Waals surface area (Å²) in [6.07, 6.45) is 2.54. The number of guanidine groups is 1. The third-order valence-corrected chi connectivity index (χ3v) is 3.79. The van der Waals surface area contributed by atoms with E-state index in [0.29, 0.717) is 11.9 Å². The molecular formula is C17H29IN4. The first-order chi connectivity index (χ1) is 10.1. The molecular weight excluding hydrogens is 387 g/mol. The molecule has 0 aromatic heterocycles.